The Kier molecular flexibility index (Phi) is 6.80. The predicted octanol–water partition coefficient (Wildman–Crippen LogP) is 4.38. The number of methoxy groups -OCH3 is 1. The number of aromatic carboxylic acids is 1. The molecule has 0 radical (unpaired) electrons. The molecular formula is C26H31N3O6. The molecule has 0 unspecified atom stereocenters. The topological polar surface area (TPSA) is 117 Å². The van der Waals surface area contributed by atoms with Crippen LogP contribution in [0.5, 0.6) is 5.75 Å². The molecule has 1 aliphatic heterocycles. The molecule has 0 fully saturated rings. The summed E-state index contributed by atoms with van der Waals surface area (Å²) in [5.74, 6) is 0.234. The van der Waals surface area contributed by atoms with Gasteiger partial charge >= 0.3 is 5.97 Å². The van der Waals surface area contributed by atoms with E-state index < -0.39 is 11.4 Å². The number of carboxylic acids is 1. The lowest BCUT2D eigenvalue weighted by Crippen LogP contribution is -2.32. The van der Waals surface area contributed by atoms with Crippen molar-refractivity contribution in [1.82, 2.24) is 14.8 Å². The van der Waals surface area contributed by atoms with E-state index >= 15 is 0 Å². The van der Waals surface area contributed by atoms with Crippen molar-refractivity contribution in [3.8, 4) is 28.5 Å². The summed E-state index contributed by atoms with van der Waals surface area (Å²) in [6.07, 6.45) is 3.44. The lowest BCUT2D eigenvalue weighted by Gasteiger charge is -2.39. The highest BCUT2D eigenvalue weighted by Crippen LogP contribution is 2.45. The smallest absolute Gasteiger partial charge is 0.341 e. The zero-order chi connectivity index (χ0) is 25.3. The monoisotopic (exact) mass is 481 g/mol. The zero-order valence-corrected chi connectivity index (χ0v) is 20.8. The summed E-state index contributed by atoms with van der Waals surface area (Å²) in [6, 6.07) is 5.23. The number of pyridine rings is 1. The van der Waals surface area contributed by atoms with Crippen molar-refractivity contribution in [2.75, 3.05) is 20.3 Å². The third kappa shape index (κ3) is 4.86. The van der Waals surface area contributed by atoms with Gasteiger partial charge in [-0.1, -0.05) is 27.7 Å². The molecule has 186 valence electrons. The van der Waals surface area contributed by atoms with Crippen LogP contribution in [-0.2, 0) is 17.6 Å². The molecule has 2 aromatic heterocycles. The fourth-order valence-electron chi connectivity index (χ4n) is 4.42. The summed E-state index contributed by atoms with van der Waals surface area (Å²) in [5, 5.41) is 17.9. The molecule has 4 rings (SSSR count). The first-order chi connectivity index (χ1) is 16.6. The second-order valence-corrected chi connectivity index (χ2v) is 9.79. The normalized spacial score (nSPS) is 14.9. The highest BCUT2D eigenvalue weighted by atomic mass is 16.5. The molecule has 0 aliphatic carbocycles. The van der Waals surface area contributed by atoms with Crippen molar-refractivity contribution in [2.45, 2.75) is 53.0 Å². The van der Waals surface area contributed by atoms with Crippen LogP contribution in [0.3, 0.4) is 0 Å². The van der Waals surface area contributed by atoms with Crippen LogP contribution in [0.15, 0.2) is 33.6 Å². The number of nitrogens with zero attached hydrogens (tertiary/aromatic N) is 3. The molecule has 0 saturated heterocycles. The maximum absolute atomic E-state index is 12.7. The minimum absolute atomic E-state index is 0.0639. The minimum Gasteiger partial charge on any atom is -0.493 e. The Hall–Kier alpha value is -3.46. The Balaban J connectivity index is 1.91. The SMILES string of the molecule is CCc1nnc(-c2cc3c(cc2OCCCOC)C[C@@H](C(C)(C)C)n2cc(C(=O)O)c(=O)cc2-3)o1. The number of ether oxygens (including phenoxy) is 2. The van der Waals surface area contributed by atoms with Gasteiger partial charge in [0.15, 0.2) is 5.43 Å². The molecule has 9 heteroatoms. The Morgan fingerprint density at radius 1 is 1.20 bits per heavy atom. The highest BCUT2D eigenvalue weighted by molar-refractivity contribution is 5.88. The van der Waals surface area contributed by atoms with E-state index in [0.29, 0.717) is 54.8 Å². The summed E-state index contributed by atoms with van der Waals surface area (Å²) in [5.41, 5.74) is 2.14. The van der Waals surface area contributed by atoms with E-state index in [4.69, 9.17) is 13.9 Å². The third-order valence-corrected chi connectivity index (χ3v) is 6.29. The molecule has 0 saturated carbocycles. The number of fused-ring (bicyclic) bond motifs is 3. The summed E-state index contributed by atoms with van der Waals surface area (Å²) in [7, 11) is 1.65. The first-order valence-corrected chi connectivity index (χ1v) is 11.7. The van der Waals surface area contributed by atoms with Crippen molar-refractivity contribution >= 4 is 5.97 Å². The minimum atomic E-state index is -1.23. The molecule has 1 aliphatic rings. The van der Waals surface area contributed by atoms with E-state index in [9.17, 15) is 14.7 Å². The Labute approximate surface area is 203 Å². The molecule has 1 aromatic carbocycles. The van der Waals surface area contributed by atoms with Crippen molar-refractivity contribution in [3.05, 3.63) is 51.6 Å². The van der Waals surface area contributed by atoms with Crippen LogP contribution in [-0.4, -0.2) is 46.2 Å². The number of hydrogen-bond donors (Lipinski definition) is 1. The van der Waals surface area contributed by atoms with Gasteiger partial charge in [-0.3, -0.25) is 4.79 Å². The maximum Gasteiger partial charge on any atom is 0.341 e. The van der Waals surface area contributed by atoms with E-state index in [1.165, 1.54) is 12.3 Å². The fraction of sp³-hybridized carbons (Fsp3) is 0.462. The molecule has 9 nitrogen and oxygen atoms in total. The number of carbonyl (C=O) groups is 1. The number of rotatable bonds is 8. The van der Waals surface area contributed by atoms with E-state index in [-0.39, 0.29) is 17.0 Å². The maximum atomic E-state index is 12.7. The van der Waals surface area contributed by atoms with Crippen LogP contribution < -0.4 is 10.2 Å². The molecule has 0 bridgehead atoms. The molecule has 3 aromatic rings. The zero-order valence-electron chi connectivity index (χ0n) is 20.8. The van der Waals surface area contributed by atoms with Crippen molar-refractivity contribution in [2.24, 2.45) is 5.41 Å². The van der Waals surface area contributed by atoms with Crippen molar-refractivity contribution in [3.63, 3.8) is 0 Å². The van der Waals surface area contributed by atoms with E-state index in [1.54, 1.807) is 7.11 Å². The quantitative estimate of drug-likeness (QED) is 0.471. The van der Waals surface area contributed by atoms with E-state index in [0.717, 1.165) is 17.5 Å². The van der Waals surface area contributed by atoms with Crippen LogP contribution >= 0.6 is 0 Å². The van der Waals surface area contributed by atoms with Gasteiger partial charge in [0.25, 0.3) is 5.89 Å². The average molecular weight is 482 g/mol. The summed E-state index contributed by atoms with van der Waals surface area (Å²) >= 11 is 0. The molecule has 35 heavy (non-hydrogen) atoms. The number of hydrogen-bond acceptors (Lipinski definition) is 7. The molecular weight excluding hydrogens is 450 g/mol. The lowest BCUT2D eigenvalue weighted by atomic mass is 9.78. The van der Waals surface area contributed by atoms with Gasteiger partial charge in [-0.05, 0) is 29.5 Å². The van der Waals surface area contributed by atoms with E-state index in [2.05, 4.69) is 31.0 Å². The Bertz CT molecular complexity index is 1300. The van der Waals surface area contributed by atoms with Crippen LogP contribution in [0.25, 0.3) is 22.7 Å². The van der Waals surface area contributed by atoms with Gasteiger partial charge in [0.2, 0.25) is 5.89 Å². The molecule has 1 atom stereocenters. The number of benzene rings is 1. The van der Waals surface area contributed by atoms with Crippen LogP contribution in [0.1, 0.15) is 62.0 Å². The summed E-state index contributed by atoms with van der Waals surface area (Å²) in [6.45, 7) is 9.27. The lowest BCUT2D eigenvalue weighted by molar-refractivity contribution is 0.0693. The largest absolute Gasteiger partial charge is 0.493 e. The third-order valence-electron chi connectivity index (χ3n) is 6.29. The second kappa shape index (κ2) is 9.65. The van der Waals surface area contributed by atoms with Gasteiger partial charge in [0, 0.05) is 50.4 Å². The second-order valence-electron chi connectivity index (χ2n) is 9.79. The molecule has 0 amide bonds. The average Bonchev–Trinajstić information content (AvgIpc) is 3.29. The van der Waals surface area contributed by atoms with Gasteiger partial charge in [0.05, 0.1) is 17.9 Å². The van der Waals surface area contributed by atoms with Gasteiger partial charge in [-0.2, -0.15) is 0 Å². The molecule has 1 N–H and O–H groups in total. The first kappa shape index (κ1) is 24.7. The number of aryl methyl sites for hydroxylation is 1. The van der Waals surface area contributed by atoms with Crippen LogP contribution in [0, 0.1) is 5.41 Å². The fourth-order valence-corrected chi connectivity index (χ4v) is 4.42. The van der Waals surface area contributed by atoms with Crippen molar-refractivity contribution in [1.29, 1.82) is 0 Å². The van der Waals surface area contributed by atoms with Gasteiger partial charge in [-0.15, -0.1) is 10.2 Å². The van der Waals surface area contributed by atoms with Gasteiger partial charge in [-0.25, -0.2) is 4.79 Å². The van der Waals surface area contributed by atoms with Gasteiger partial charge in [0.1, 0.15) is 11.3 Å². The van der Waals surface area contributed by atoms with Crippen LogP contribution in [0.2, 0.25) is 0 Å². The molecule has 3 heterocycles. The number of carboxylic acid groups (broad SMARTS) is 1. The van der Waals surface area contributed by atoms with E-state index in [1.807, 2.05) is 23.6 Å². The predicted molar refractivity (Wildman–Crippen MR) is 130 cm³/mol. The van der Waals surface area contributed by atoms with Crippen molar-refractivity contribution < 1.29 is 23.8 Å². The summed E-state index contributed by atoms with van der Waals surface area (Å²) in [4.78, 5) is 24.4. The first-order valence-electron chi connectivity index (χ1n) is 11.7. The van der Waals surface area contributed by atoms with Gasteiger partial charge < -0.3 is 23.6 Å². The Morgan fingerprint density at radius 3 is 2.60 bits per heavy atom. The summed E-state index contributed by atoms with van der Waals surface area (Å²) < 4.78 is 19.0. The Morgan fingerprint density at radius 2 is 1.97 bits per heavy atom. The highest BCUT2D eigenvalue weighted by Gasteiger charge is 2.34. The standard InChI is InChI=1S/C26H31N3O6/c1-6-23-27-28-24(35-23)17-12-16-15(10-21(17)34-9-7-8-33-5)11-22(26(2,3)4)29-14-18(25(31)32)20(30)13-19(16)29/h10,12-14,22H,6-9,11H2,1-5H3,(H,31,32)/t22-/m0/s1. The molecule has 0 spiro atoms. The number of aromatic nitrogens is 3. The van der Waals surface area contributed by atoms with Crippen LogP contribution in [0.4, 0.5) is 0 Å².